The third kappa shape index (κ3) is 6.50. The summed E-state index contributed by atoms with van der Waals surface area (Å²) in [4.78, 5) is 50.6. The lowest BCUT2D eigenvalue weighted by Gasteiger charge is -2.35. The van der Waals surface area contributed by atoms with E-state index in [0.717, 1.165) is 16.7 Å². The van der Waals surface area contributed by atoms with E-state index in [9.17, 15) is 29.6 Å². The summed E-state index contributed by atoms with van der Waals surface area (Å²) in [7, 11) is 1.36. The van der Waals surface area contributed by atoms with E-state index in [1.165, 1.54) is 30.2 Å². The lowest BCUT2D eigenvalue weighted by Crippen LogP contribution is -2.56. The molecule has 3 aromatic carbocycles. The van der Waals surface area contributed by atoms with Crippen LogP contribution in [0.15, 0.2) is 72.8 Å². The Kier molecular flexibility index (Phi) is 8.40. The maximum absolute atomic E-state index is 13.5. The summed E-state index contributed by atoms with van der Waals surface area (Å²) in [6, 6.07) is 17.8. The van der Waals surface area contributed by atoms with Crippen molar-refractivity contribution >= 4 is 23.7 Å². The number of nitrogens with one attached hydrogen (secondary N) is 1. The summed E-state index contributed by atoms with van der Waals surface area (Å²) in [6.07, 6.45) is -0.816. The number of methoxy groups -OCH3 is 1. The molecule has 2 amide bonds. The number of non-ortho nitro benzene ring substituents is 1. The standard InChI is InChI=1S/C28H27N3O8/c1-38-25-12-11-22(31(36)37)13-21(25)14-23(27(33)34)29-26(32)24-15-19-9-5-6-10-20(19)16-30(24)28(35)39-17-18-7-3-2-4-8-18/h2-13,23-24H,14-17H2,1H3,(H,29,32)(H,33,34)/t23-,24-/m0/s1. The number of benzene rings is 3. The highest BCUT2D eigenvalue weighted by Gasteiger charge is 2.37. The SMILES string of the molecule is COc1ccc([N+](=O)[O-])cc1C[C@H](NC(=O)[C@@H]1Cc2ccccc2CN1C(=O)OCc1ccccc1)C(=O)O. The number of carboxylic acid groups (broad SMARTS) is 1. The van der Waals surface area contributed by atoms with Gasteiger partial charge < -0.3 is 19.9 Å². The minimum absolute atomic E-state index is 0.0104. The fourth-order valence-electron chi connectivity index (χ4n) is 4.48. The number of amides is 2. The first-order valence-electron chi connectivity index (χ1n) is 12.2. The predicted octanol–water partition coefficient (Wildman–Crippen LogP) is 3.48. The van der Waals surface area contributed by atoms with E-state index >= 15 is 0 Å². The van der Waals surface area contributed by atoms with Crippen molar-refractivity contribution in [2.45, 2.75) is 38.1 Å². The van der Waals surface area contributed by atoms with Crippen molar-refractivity contribution in [3.63, 3.8) is 0 Å². The van der Waals surface area contributed by atoms with Gasteiger partial charge in [-0.05, 0) is 22.8 Å². The maximum atomic E-state index is 13.5. The van der Waals surface area contributed by atoms with Crippen LogP contribution in [0.4, 0.5) is 10.5 Å². The number of rotatable bonds is 9. The second-order valence-electron chi connectivity index (χ2n) is 9.01. The molecule has 0 radical (unpaired) electrons. The van der Waals surface area contributed by atoms with Gasteiger partial charge in [0.05, 0.1) is 18.6 Å². The van der Waals surface area contributed by atoms with Crippen LogP contribution < -0.4 is 10.1 Å². The van der Waals surface area contributed by atoms with E-state index in [0.29, 0.717) is 0 Å². The number of hydrogen-bond donors (Lipinski definition) is 2. The number of carbonyl (C=O) groups is 3. The summed E-state index contributed by atoms with van der Waals surface area (Å²) in [6.45, 7) is 0.120. The highest BCUT2D eigenvalue weighted by molar-refractivity contribution is 5.90. The van der Waals surface area contributed by atoms with Gasteiger partial charge in [0.1, 0.15) is 24.4 Å². The first-order chi connectivity index (χ1) is 18.8. The lowest BCUT2D eigenvalue weighted by atomic mass is 9.93. The first kappa shape index (κ1) is 27.1. The Hall–Kier alpha value is -4.93. The third-order valence-electron chi connectivity index (χ3n) is 6.50. The van der Waals surface area contributed by atoms with Gasteiger partial charge in [0, 0.05) is 30.5 Å². The van der Waals surface area contributed by atoms with Gasteiger partial charge >= 0.3 is 12.1 Å². The molecular formula is C28H27N3O8. The number of fused-ring (bicyclic) bond motifs is 1. The molecule has 0 aromatic heterocycles. The van der Waals surface area contributed by atoms with Gasteiger partial charge in [-0.2, -0.15) is 0 Å². The second-order valence-corrected chi connectivity index (χ2v) is 9.01. The van der Waals surface area contributed by atoms with Gasteiger partial charge in [0.2, 0.25) is 5.91 Å². The molecule has 11 heteroatoms. The molecule has 0 unspecified atom stereocenters. The minimum atomic E-state index is -1.44. The van der Waals surface area contributed by atoms with E-state index in [4.69, 9.17) is 9.47 Å². The Morgan fingerprint density at radius 3 is 2.44 bits per heavy atom. The zero-order chi connectivity index (χ0) is 27.9. The summed E-state index contributed by atoms with van der Waals surface area (Å²) in [5.74, 6) is -1.77. The molecule has 0 bridgehead atoms. The molecule has 202 valence electrons. The van der Waals surface area contributed by atoms with Crippen molar-refractivity contribution in [2.75, 3.05) is 7.11 Å². The normalized spacial score (nSPS) is 15.0. The van der Waals surface area contributed by atoms with Crippen molar-refractivity contribution in [3.8, 4) is 5.75 Å². The van der Waals surface area contributed by atoms with Crippen molar-refractivity contribution in [1.29, 1.82) is 0 Å². The topological polar surface area (TPSA) is 148 Å². The Balaban J connectivity index is 1.55. The van der Waals surface area contributed by atoms with Crippen LogP contribution in [0.3, 0.4) is 0 Å². The number of ether oxygens (including phenoxy) is 2. The first-order valence-corrected chi connectivity index (χ1v) is 12.2. The number of nitro groups is 1. The average molecular weight is 534 g/mol. The Labute approximate surface area is 224 Å². The van der Waals surface area contributed by atoms with E-state index in [1.54, 1.807) is 0 Å². The smallest absolute Gasteiger partial charge is 0.411 e. The number of nitrogens with zero attached hydrogens (tertiary/aromatic N) is 2. The number of nitro benzene ring substituents is 1. The van der Waals surface area contributed by atoms with Crippen LogP contribution in [-0.2, 0) is 40.3 Å². The van der Waals surface area contributed by atoms with Gasteiger partial charge in [0.25, 0.3) is 5.69 Å². The molecule has 2 N–H and O–H groups in total. The van der Waals surface area contributed by atoms with E-state index in [1.807, 2.05) is 54.6 Å². The molecule has 4 rings (SSSR count). The molecule has 0 spiro atoms. The molecule has 0 fully saturated rings. The van der Waals surface area contributed by atoms with Crippen molar-refractivity contribution in [2.24, 2.45) is 0 Å². The number of aliphatic carboxylic acids is 1. The molecular weight excluding hydrogens is 506 g/mol. The third-order valence-corrected chi connectivity index (χ3v) is 6.50. The zero-order valence-electron chi connectivity index (χ0n) is 21.1. The van der Waals surface area contributed by atoms with Crippen LogP contribution in [0.1, 0.15) is 22.3 Å². The molecule has 3 aromatic rings. The zero-order valence-corrected chi connectivity index (χ0v) is 21.1. The number of carboxylic acids is 1. The molecule has 1 heterocycles. The fourth-order valence-corrected chi connectivity index (χ4v) is 4.48. The summed E-state index contributed by atoms with van der Waals surface area (Å²) >= 11 is 0. The van der Waals surface area contributed by atoms with E-state index in [-0.39, 0.29) is 43.0 Å². The van der Waals surface area contributed by atoms with Crippen molar-refractivity contribution in [1.82, 2.24) is 10.2 Å². The van der Waals surface area contributed by atoms with E-state index in [2.05, 4.69) is 5.32 Å². The van der Waals surface area contributed by atoms with Gasteiger partial charge in [-0.3, -0.25) is 19.8 Å². The van der Waals surface area contributed by atoms with Crippen LogP contribution in [0, 0.1) is 10.1 Å². The van der Waals surface area contributed by atoms with E-state index < -0.39 is 35.0 Å². The lowest BCUT2D eigenvalue weighted by molar-refractivity contribution is -0.384. The molecule has 1 aliphatic heterocycles. The highest BCUT2D eigenvalue weighted by atomic mass is 16.6. The van der Waals surface area contributed by atoms with Gasteiger partial charge in [-0.25, -0.2) is 9.59 Å². The van der Waals surface area contributed by atoms with Crippen LogP contribution in [0.25, 0.3) is 0 Å². The monoisotopic (exact) mass is 533 g/mol. The summed E-state index contributed by atoms with van der Waals surface area (Å²) < 4.78 is 10.7. The van der Waals surface area contributed by atoms with Crippen LogP contribution in [0.5, 0.6) is 5.75 Å². The predicted molar refractivity (Wildman–Crippen MR) is 139 cm³/mol. The highest BCUT2D eigenvalue weighted by Crippen LogP contribution is 2.27. The minimum Gasteiger partial charge on any atom is -0.496 e. The molecule has 1 aliphatic rings. The van der Waals surface area contributed by atoms with Gasteiger partial charge in [-0.15, -0.1) is 0 Å². The maximum Gasteiger partial charge on any atom is 0.411 e. The molecule has 0 saturated carbocycles. The molecule has 0 aliphatic carbocycles. The van der Waals surface area contributed by atoms with Crippen LogP contribution in [-0.4, -0.2) is 52.1 Å². The van der Waals surface area contributed by atoms with Gasteiger partial charge in [-0.1, -0.05) is 54.6 Å². The van der Waals surface area contributed by atoms with Crippen LogP contribution >= 0.6 is 0 Å². The summed E-state index contributed by atoms with van der Waals surface area (Å²) in [5, 5.41) is 23.6. The van der Waals surface area contributed by atoms with Crippen molar-refractivity contribution < 1.29 is 33.9 Å². The number of carbonyl (C=O) groups excluding carboxylic acids is 2. The summed E-state index contributed by atoms with van der Waals surface area (Å²) in [5.41, 5.74) is 2.50. The second kappa shape index (κ2) is 12.1. The van der Waals surface area contributed by atoms with Crippen molar-refractivity contribution in [3.05, 3.63) is 105 Å². The molecule has 2 atom stereocenters. The average Bonchev–Trinajstić information content (AvgIpc) is 2.95. The largest absolute Gasteiger partial charge is 0.496 e. The molecule has 11 nitrogen and oxygen atoms in total. The molecule has 39 heavy (non-hydrogen) atoms. The molecule has 0 saturated heterocycles. The Morgan fingerprint density at radius 2 is 1.77 bits per heavy atom. The van der Waals surface area contributed by atoms with Crippen LogP contribution in [0.2, 0.25) is 0 Å². The quantitative estimate of drug-likeness (QED) is 0.314. The van der Waals surface area contributed by atoms with Gasteiger partial charge in [0.15, 0.2) is 0 Å². The fraction of sp³-hybridized carbons (Fsp3) is 0.250. The Bertz CT molecular complexity index is 1380. The number of hydrogen-bond acceptors (Lipinski definition) is 7. The Morgan fingerprint density at radius 1 is 1.08 bits per heavy atom.